The van der Waals surface area contributed by atoms with Crippen LogP contribution in [0.3, 0.4) is 0 Å². The van der Waals surface area contributed by atoms with Crippen LogP contribution in [0, 0.1) is 11.3 Å². The van der Waals surface area contributed by atoms with Crippen molar-refractivity contribution >= 4 is 60.1 Å². The summed E-state index contributed by atoms with van der Waals surface area (Å²) in [6.07, 6.45) is 3.84. The molecule has 0 bridgehead atoms. The minimum Gasteiger partial charge on any atom is -0.422 e. The fourth-order valence-corrected chi connectivity index (χ4v) is 11.9. The highest BCUT2D eigenvalue weighted by molar-refractivity contribution is 7.24. The van der Waals surface area contributed by atoms with Crippen LogP contribution in [0.4, 0.5) is 5.69 Å². The molecule has 3 aromatic heterocycles. The number of thiophene rings is 2. The molecule has 0 saturated heterocycles. The zero-order valence-corrected chi connectivity index (χ0v) is 33.4. The molecule has 5 heterocycles. The Morgan fingerprint density at radius 3 is 2.22 bits per heavy atom. The molecule has 6 rings (SSSR count). The zero-order chi connectivity index (χ0) is 36.7. The smallest absolute Gasteiger partial charge is 0.422 e. The molecule has 1 amide bonds. The first-order valence-corrected chi connectivity index (χ1v) is 21.2. The van der Waals surface area contributed by atoms with Crippen molar-refractivity contribution < 1.29 is 22.5 Å². The molecular weight excluding hydrogens is 699 g/mol. The van der Waals surface area contributed by atoms with Gasteiger partial charge in [-0.15, -0.1) is 22.7 Å². The van der Waals surface area contributed by atoms with Crippen molar-refractivity contribution in [3.63, 3.8) is 0 Å². The topological polar surface area (TPSA) is 105 Å². The molecule has 0 radical (unpaired) electrons. The van der Waals surface area contributed by atoms with E-state index >= 15 is 0 Å². The highest BCUT2D eigenvalue weighted by Gasteiger charge is 2.44. The van der Waals surface area contributed by atoms with Crippen LogP contribution >= 0.6 is 22.7 Å². The van der Waals surface area contributed by atoms with Crippen molar-refractivity contribution in [2.24, 2.45) is 0 Å². The molecular formula is C39H47N3O6S2Si. The summed E-state index contributed by atoms with van der Waals surface area (Å²) in [5.41, 5.74) is 4.58. The fraction of sp³-hybridized carbons (Fsp3) is 0.462. The molecule has 1 aromatic carbocycles. The maximum Gasteiger partial charge on any atom is 0.521 e. The van der Waals surface area contributed by atoms with Gasteiger partial charge in [-0.2, -0.15) is 5.26 Å². The van der Waals surface area contributed by atoms with Crippen LogP contribution in [-0.4, -0.2) is 65.7 Å². The normalized spacial score (nSPS) is 16.6. The molecule has 12 heteroatoms. The number of carbonyl (C=O) groups is 1. The molecule has 9 nitrogen and oxygen atoms in total. The van der Waals surface area contributed by atoms with Gasteiger partial charge in [-0.3, -0.25) is 4.79 Å². The van der Waals surface area contributed by atoms with Crippen molar-refractivity contribution in [2.45, 2.75) is 72.1 Å². The number of amides is 1. The average molecular weight is 746 g/mol. The average Bonchev–Trinajstić information content (AvgIpc) is 3.76. The Balaban J connectivity index is 1.28. The lowest BCUT2D eigenvalue weighted by atomic mass is 9.69. The standard InChI is InChI=1S/C39H47N3O6S2Si/c1-9-45-51(46-10-2,47-11-3)24-41(8)36(43)26(23-40)20-27-12-13-31(49-27)32-15-14-30(50-32)28-21-25-22-29-34-33(35(25)48-37(28)44)39(6,7)17-19-42(34)18-16-38(29,4)5/h12-15,20-22H,9-11,16-19,24H2,1-8H3/b26-20+. The lowest BCUT2D eigenvalue weighted by Crippen LogP contribution is -2.55. The first kappa shape index (κ1) is 37.2. The van der Waals surface area contributed by atoms with Gasteiger partial charge in [-0.1, -0.05) is 27.7 Å². The molecule has 2 aliphatic rings. The molecule has 0 saturated carbocycles. The summed E-state index contributed by atoms with van der Waals surface area (Å²) >= 11 is 3.00. The van der Waals surface area contributed by atoms with Gasteiger partial charge in [0.05, 0.1) is 11.7 Å². The van der Waals surface area contributed by atoms with E-state index in [-0.39, 0.29) is 28.2 Å². The number of anilines is 1. The van der Waals surface area contributed by atoms with Gasteiger partial charge < -0.3 is 27.5 Å². The summed E-state index contributed by atoms with van der Waals surface area (Å²) < 4.78 is 24.0. The quantitative estimate of drug-likeness (QED) is 0.0617. The lowest BCUT2D eigenvalue weighted by Gasteiger charge is -2.48. The lowest BCUT2D eigenvalue weighted by molar-refractivity contribution is -0.125. The van der Waals surface area contributed by atoms with Crippen LogP contribution in [-0.2, 0) is 28.9 Å². The monoisotopic (exact) mass is 745 g/mol. The second-order valence-electron chi connectivity index (χ2n) is 14.4. The van der Waals surface area contributed by atoms with Crippen LogP contribution in [0.2, 0.25) is 0 Å². The van der Waals surface area contributed by atoms with Crippen molar-refractivity contribution in [2.75, 3.05) is 51.0 Å². The van der Waals surface area contributed by atoms with Crippen LogP contribution in [0.15, 0.2) is 51.2 Å². The predicted octanol–water partition coefficient (Wildman–Crippen LogP) is 8.37. The largest absolute Gasteiger partial charge is 0.521 e. The molecule has 0 atom stereocenters. The van der Waals surface area contributed by atoms with Gasteiger partial charge in [-0.25, -0.2) is 4.79 Å². The summed E-state index contributed by atoms with van der Waals surface area (Å²) in [6, 6.07) is 14.2. The number of likely N-dealkylation sites (N-methyl/N-ethyl adjacent to an activating group) is 1. The second kappa shape index (κ2) is 14.4. The Morgan fingerprint density at radius 1 is 0.961 bits per heavy atom. The van der Waals surface area contributed by atoms with Gasteiger partial charge in [0.2, 0.25) is 0 Å². The fourth-order valence-electron chi connectivity index (χ4n) is 7.27. The van der Waals surface area contributed by atoms with Gasteiger partial charge in [0.15, 0.2) is 0 Å². The van der Waals surface area contributed by atoms with Gasteiger partial charge in [0.25, 0.3) is 5.91 Å². The highest BCUT2D eigenvalue weighted by atomic mass is 32.1. The maximum atomic E-state index is 13.7. The number of benzene rings is 1. The van der Waals surface area contributed by atoms with E-state index in [1.807, 2.05) is 51.1 Å². The number of nitrogens with zero attached hydrogens (tertiary/aromatic N) is 3. The molecule has 0 spiro atoms. The molecule has 0 aliphatic carbocycles. The van der Waals surface area contributed by atoms with Crippen LogP contribution in [0.1, 0.15) is 77.3 Å². The number of hydrogen-bond donors (Lipinski definition) is 0. The molecule has 2 aliphatic heterocycles. The Morgan fingerprint density at radius 2 is 1.57 bits per heavy atom. The number of carbonyl (C=O) groups excluding carboxylic acids is 1. The summed E-state index contributed by atoms with van der Waals surface area (Å²) in [7, 11) is -1.51. The Labute approximate surface area is 309 Å². The number of rotatable bonds is 12. The van der Waals surface area contributed by atoms with E-state index < -0.39 is 14.7 Å². The molecule has 0 N–H and O–H groups in total. The molecule has 4 aromatic rings. The van der Waals surface area contributed by atoms with Crippen molar-refractivity contribution in [1.29, 1.82) is 5.26 Å². The first-order valence-electron chi connectivity index (χ1n) is 17.7. The number of fused-ring (bicyclic) bond motifs is 2. The summed E-state index contributed by atoms with van der Waals surface area (Å²) in [5.74, 6) is -0.431. The van der Waals surface area contributed by atoms with Crippen molar-refractivity contribution in [3.8, 4) is 26.3 Å². The molecule has 0 fully saturated rings. The van der Waals surface area contributed by atoms with E-state index in [9.17, 15) is 14.9 Å². The third-order valence-electron chi connectivity index (χ3n) is 9.98. The van der Waals surface area contributed by atoms with E-state index in [1.54, 1.807) is 13.1 Å². The molecule has 270 valence electrons. The minimum absolute atomic E-state index is 0.00892. The summed E-state index contributed by atoms with van der Waals surface area (Å²) in [6.45, 7) is 17.9. The molecule has 51 heavy (non-hydrogen) atoms. The SMILES string of the molecule is CCO[Si](CN(C)C(=O)/C(C#N)=C/c1ccc(-c2ccc(-c3cc4cc5c6c(c4oc3=O)C(C)(C)CCN6CCC5(C)C)s2)s1)(OCC)OCC. The second-order valence-corrected chi connectivity index (χ2v) is 19.2. The summed E-state index contributed by atoms with van der Waals surface area (Å²) in [4.78, 5) is 34.5. The van der Waals surface area contributed by atoms with Gasteiger partial charge >= 0.3 is 14.4 Å². The number of hydrogen-bond acceptors (Lipinski definition) is 10. The zero-order valence-electron chi connectivity index (χ0n) is 30.8. The third-order valence-corrected chi connectivity index (χ3v) is 15.4. The Hall–Kier alpha value is -3.57. The minimum atomic E-state index is -3.14. The van der Waals surface area contributed by atoms with Crippen LogP contribution < -0.4 is 10.5 Å². The van der Waals surface area contributed by atoms with Crippen LogP contribution in [0.5, 0.6) is 0 Å². The van der Waals surface area contributed by atoms with E-state index in [4.69, 9.17) is 17.7 Å². The predicted molar refractivity (Wildman–Crippen MR) is 208 cm³/mol. The van der Waals surface area contributed by atoms with Gasteiger partial charge in [-0.05, 0) is 92.5 Å². The third kappa shape index (κ3) is 7.12. The Bertz CT molecular complexity index is 2070. The van der Waals surface area contributed by atoms with Crippen molar-refractivity contribution in [1.82, 2.24) is 4.90 Å². The maximum absolute atomic E-state index is 13.7. The summed E-state index contributed by atoms with van der Waals surface area (Å²) in [5, 5.41) is 10.9. The number of nitriles is 1. The van der Waals surface area contributed by atoms with Crippen molar-refractivity contribution in [3.05, 3.63) is 68.4 Å². The highest BCUT2D eigenvalue weighted by Crippen LogP contribution is 2.52. The van der Waals surface area contributed by atoms with E-state index in [2.05, 4.69) is 44.7 Å². The van der Waals surface area contributed by atoms with Gasteiger partial charge in [0.1, 0.15) is 17.2 Å². The van der Waals surface area contributed by atoms with E-state index in [1.165, 1.54) is 38.8 Å². The van der Waals surface area contributed by atoms with E-state index in [0.29, 0.717) is 31.0 Å². The Kier molecular flexibility index (Phi) is 10.5. The first-order chi connectivity index (χ1) is 24.3. The molecule has 0 unspecified atom stereocenters. The van der Waals surface area contributed by atoms with Gasteiger partial charge in [0, 0.05) is 76.1 Å². The van der Waals surface area contributed by atoms with E-state index in [0.717, 1.165) is 56.4 Å². The van der Waals surface area contributed by atoms with Crippen LogP contribution in [0.25, 0.3) is 37.2 Å².